The van der Waals surface area contributed by atoms with Crippen molar-refractivity contribution in [1.82, 2.24) is 5.32 Å². The van der Waals surface area contributed by atoms with Gasteiger partial charge < -0.3 is 16.0 Å². The highest BCUT2D eigenvalue weighted by Crippen LogP contribution is 2.18. The lowest BCUT2D eigenvalue weighted by Gasteiger charge is -2.12. The number of rotatable bonds is 8. The number of urea groups is 1. The molecule has 3 amide bonds. The summed E-state index contributed by atoms with van der Waals surface area (Å²) in [6.07, 6.45) is 0.468. The fourth-order valence-electron chi connectivity index (χ4n) is 3.36. The van der Waals surface area contributed by atoms with Crippen molar-refractivity contribution < 1.29 is 18.0 Å². The lowest BCUT2D eigenvalue weighted by atomic mass is 10.1. The van der Waals surface area contributed by atoms with Crippen LogP contribution in [0.4, 0.5) is 16.2 Å². The summed E-state index contributed by atoms with van der Waals surface area (Å²) in [6, 6.07) is 20.4. The van der Waals surface area contributed by atoms with E-state index in [1.54, 1.807) is 43.3 Å². The van der Waals surface area contributed by atoms with Gasteiger partial charge in [-0.3, -0.25) is 4.79 Å². The highest BCUT2D eigenvalue weighted by atomic mass is 32.2. The Hall–Kier alpha value is -3.65. The first kappa shape index (κ1) is 24.0. The van der Waals surface area contributed by atoms with Gasteiger partial charge in [-0.15, -0.1) is 0 Å². The highest BCUT2D eigenvalue weighted by Gasteiger charge is 2.21. The van der Waals surface area contributed by atoms with Gasteiger partial charge in [-0.05, 0) is 60.9 Å². The van der Waals surface area contributed by atoms with Gasteiger partial charge in [-0.2, -0.15) is 0 Å². The maximum absolute atomic E-state index is 12.7. The van der Waals surface area contributed by atoms with Gasteiger partial charge in [0.05, 0.1) is 16.2 Å². The van der Waals surface area contributed by atoms with E-state index in [0.29, 0.717) is 17.8 Å². The monoisotopic (exact) mass is 465 g/mol. The van der Waals surface area contributed by atoms with E-state index >= 15 is 0 Å². The topological polar surface area (TPSA) is 104 Å². The predicted molar refractivity (Wildman–Crippen MR) is 130 cm³/mol. The number of anilines is 2. The number of hydrogen-bond acceptors (Lipinski definition) is 4. The molecule has 3 N–H and O–H groups in total. The van der Waals surface area contributed by atoms with Crippen LogP contribution in [-0.4, -0.2) is 26.1 Å². The lowest BCUT2D eigenvalue weighted by molar-refractivity contribution is 0.0947. The summed E-state index contributed by atoms with van der Waals surface area (Å²) in [6.45, 7) is 3.90. The van der Waals surface area contributed by atoms with Crippen molar-refractivity contribution in [3.8, 4) is 0 Å². The molecule has 3 aromatic carbocycles. The summed E-state index contributed by atoms with van der Waals surface area (Å²) in [7, 11) is -3.53. The number of hydrogen-bond donors (Lipinski definition) is 3. The molecule has 0 saturated heterocycles. The minimum absolute atomic E-state index is 0.0182. The van der Waals surface area contributed by atoms with E-state index in [-0.39, 0.29) is 28.8 Å². The molecule has 3 rings (SSSR count). The molecule has 0 aromatic heterocycles. The van der Waals surface area contributed by atoms with Crippen LogP contribution in [0.5, 0.6) is 0 Å². The van der Waals surface area contributed by atoms with Crippen LogP contribution in [0.1, 0.15) is 34.8 Å². The number of benzene rings is 3. The number of carbonyl (C=O) groups is 2. The predicted octanol–water partition coefficient (Wildman–Crippen LogP) is 4.75. The average Bonchev–Trinajstić information content (AvgIpc) is 2.77. The van der Waals surface area contributed by atoms with Crippen molar-refractivity contribution in [3.63, 3.8) is 0 Å². The summed E-state index contributed by atoms with van der Waals surface area (Å²) < 4.78 is 25.0. The summed E-state index contributed by atoms with van der Waals surface area (Å²) in [5.41, 5.74) is 3.17. The van der Waals surface area contributed by atoms with E-state index in [2.05, 4.69) is 16.0 Å². The normalized spacial score (nSPS) is 11.0. The second-order valence-electron chi connectivity index (χ2n) is 7.65. The van der Waals surface area contributed by atoms with Crippen LogP contribution in [0.15, 0.2) is 77.7 Å². The molecule has 7 nitrogen and oxygen atoms in total. The summed E-state index contributed by atoms with van der Waals surface area (Å²) in [4.78, 5) is 25.1. The molecule has 0 bridgehead atoms. The van der Waals surface area contributed by atoms with E-state index in [1.807, 2.05) is 31.2 Å². The van der Waals surface area contributed by atoms with Crippen molar-refractivity contribution in [3.05, 3.63) is 89.5 Å². The van der Waals surface area contributed by atoms with Crippen LogP contribution in [0.25, 0.3) is 0 Å². The van der Waals surface area contributed by atoms with Gasteiger partial charge in [0, 0.05) is 17.9 Å². The maximum atomic E-state index is 12.7. The van der Waals surface area contributed by atoms with Crippen LogP contribution in [0.2, 0.25) is 0 Å². The quantitative estimate of drug-likeness (QED) is 0.446. The minimum atomic E-state index is -3.53. The van der Waals surface area contributed by atoms with Gasteiger partial charge in [-0.1, -0.05) is 43.3 Å². The van der Waals surface area contributed by atoms with E-state index in [9.17, 15) is 18.0 Å². The second kappa shape index (κ2) is 10.8. The molecular formula is C25H27N3O4S. The third-order valence-electron chi connectivity index (χ3n) is 4.85. The highest BCUT2D eigenvalue weighted by molar-refractivity contribution is 7.91. The van der Waals surface area contributed by atoms with Gasteiger partial charge in [0.15, 0.2) is 9.84 Å². The van der Waals surface area contributed by atoms with Crippen molar-refractivity contribution in [2.75, 3.05) is 16.4 Å². The van der Waals surface area contributed by atoms with E-state index in [0.717, 1.165) is 11.1 Å². The molecule has 0 fully saturated rings. The van der Waals surface area contributed by atoms with E-state index in [4.69, 9.17) is 0 Å². The number of carbonyl (C=O) groups excluding carboxylic acids is 2. The molecule has 0 saturated carbocycles. The molecule has 172 valence electrons. The number of nitrogens with one attached hydrogen (secondary N) is 3. The molecule has 3 aromatic rings. The van der Waals surface area contributed by atoms with Gasteiger partial charge in [0.1, 0.15) is 0 Å². The second-order valence-corrected chi connectivity index (χ2v) is 9.72. The summed E-state index contributed by atoms with van der Waals surface area (Å²) >= 11 is 0. The zero-order valence-corrected chi connectivity index (χ0v) is 19.4. The fraction of sp³-hybridized carbons (Fsp3) is 0.200. The van der Waals surface area contributed by atoms with Gasteiger partial charge in [-0.25, -0.2) is 13.2 Å². The van der Waals surface area contributed by atoms with Crippen molar-refractivity contribution in [2.24, 2.45) is 0 Å². The SMILES string of the molecule is CCCS(=O)(=O)c1ccccc1C(=O)NCc1cccc(NC(=O)Nc2cccc(C)c2)c1. The largest absolute Gasteiger partial charge is 0.348 e. The lowest BCUT2D eigenvalue weighted by Crippen LogP contribution is -2.25. The number of amides is 3. The summed E-state index contributed by atoms with van der Waals surface area (Å²) in [5, 5.41) is 8.31. The molecule has 0 atom stereocenters. The van der Waals surface area contributed by atoms with Crippen LogP contribution in [0.3, 0.4) is 0 Å². The first-order chi connectivity index (χ1) is 15.8. The minimum Gasteiger partial charge on any atom is -0.348 e. The Morgan fingerprint density at radius 3 is 2.21 bits per heavy atom. The van der Waals surface area contributed by atoms with Crippen molar-refractivity contribution in [2.45, 2.75) is 31.7 Å². The molecule has 0 spiro atoms. The molecule has 0 aliphatic heterocycles. The Bertz CT molecular complexity index is 1260. The average molecular weight is 466 g/mol. The van der Waals surface area contributed by atoms with Crippen LogP contribution >= 0.6 is 0 Å². The van der Waals surface area contributed by atoms with E-state index in [1.165, 1.54) is 12.1 Å². The summed E-state index contributed by atoms with van der Waals surface area (Å²) in [5.74, 6) is -0.490. The van der Waals surface area contributed by atoms with Crippen molar-refractivity contribution in [1.29, 1.82) is 0 Å². The van der Waals surface area contributed by atoms with Crippen molar-refractivity contribution >= 4 is 33.2 Å². The Kier molecular flexibility index (Phi) is 7.84. The standard InChI is InChI=1S/C25H27N3O4S/c1-3-14-33(31,32)23-13-5-4-12-22(23)24(29)26-17-19-9-7-11-21(16-19)28-25(30)27-20-10-6-8-18(2)15-20/h4-13,15-16H,3,14,17H2,1-2H3,(H,26,29)(H2,27,28,30). The molecule has 0 unspecified atom stereocenters. The maximum Gasteiger partial charge on any atom is 0.323 e. The molecule has 0 radical (unpaired) electrons. The zero-order chi connectivity index (χ0) is 23.8. The number of aryl methyl sites for hydroxylation is 1. The fourth-order valence-corrected chi connectivity index (χ4v) is 4.90. The van der Waals surface area contributed by atoms with Gasteiger partial charge in [0.25, 0.3) is 5.91 Å². The molecule has 8 heteroatoms. The molecule has 33 heavy (non-hydrogen) atoms. The Morgan fingerprint density at radius 1 is 0.848 bits per heavy atom. The first-order valence-electron chi connectivity index (χ1n) is 10.6. The molecule has 0 aliphatic rings. The van der Waals surface area contributed by atoms with Crippen LogP contribution < -0.4 is 16.0 Å². The van der Waals surface area contributed by atoms with Gasteiger partial charge >= 0.3 is 6.03 Å². The third-order valence-corrected chi connectivity index (χ3v) is 6.83. The molecule has 0 heterocycles. The molecular weight excluding hydrogens is 438 g/mol. The Labute approximate surface area is 194 Å². The smallest absolute Gasteiger partial charge is 0.323 e. The first-order valence-corrected chi connectivity index (χ1v) is 12.3. The Balaban J connectivity index is 1.65. The number of sulfone groups is 1. The third kappa shape index (κ3) is 6.66. The van der Waals surface area contributed by atoms with Crippen LogP contribution in [-0.2, 0) is 16.4 Å². The van der Waals surface area contributed by atoms with Gasteiger partial charge in [0.2, 0.25) is 0 Å². The Morgan fingerprint density at radius 2 is 1.52 bits per heavy atom. The zero-order valence-electron chi connectivity index (χ0n) is 18.6. The van der Waals surface area contributed by atoms with Crippen LogP contribution in [0, 0.1) is 6.92 Å². The molecule has 0 aliphatic carbocycles. The van der Waals surface area contributed by atoms with E-state index < -0.39 is 15.7 Å².